The first-order chi connectivity index (χ1) is 14.8. The minimum Gasteiger partial charge on any atom is -0.352 e. The van der Waals surface area contributed by atoms with Crippen molar-refractivity contribution in [3.63, 3.8) is 0 Å². The Hall–Kier alpha value is -1.88. The van der Waals surface area contributed by atoms with Crippen LogP contribution in [0.15, 0.2) is 29.1 Å². The molecule has 30 heavy (non-hydrogen) atoms. The molecule has 2 aliphatic heterocycles. The lowest BCUT2D eigenvalue weighted by molar-refractivity contribution is 0.116. The van der Waals surface area contributed by atoms with Gasteiger partial charge in [-0.2, -0.15) is 0 Å². The Bertz CT molecular complexity index is 901. The van der Waals surface area contributed by atoms with Crippen molar-refractivity contribution in [1.29, 1.82) is 0 Å². The van der Waals surface area contributed by atoms with Crippen molar-refractivity contribution in [2.45, 2.75) is 82.7 Å². The Balaban J connectivity index is 1.39. The van der Waals surface area contributed by atoms with E-state index < -0.39 is 0 Å². The Morgan fingerprint density at radius 3 is 2.13 bits per heavy atom. The minimum atomic E-state index is 0.125. The first kappa shape index (κ1) is 20.0. The van der Waals surface area contributed by atoms with Gasteiger partial charge in [-0.25, -0.2) is 4.98 Å². The number of likely N-dealkylation sites (tertiary alicyclic amines) is 1. The van der Waals surface area contributed by atoms with E-state index in [1.54, 1.807) is 0 Å². The number of benzene rings is 1. The molecule has 1 aromatic heterocycles. The summed E-state index contributed by atoms with van der Waals surface area (Å²) in [6.07, 6.45) is 14.2. The maximum Gasteiger partial charge on any atom is 0.294 e. The van der Waals surface area contributed by atoms with E-state index in [0.717, 1.165) is 68.9 Å². The first-order valence-corrected chi connectivity index (χ1v) is 12.3. The Morgan fingerprint density at radius 1 is 0.733 bits per heavy atom. The summed E-state index contributed by atoms with van der Waals surface area (Å²) >= 11 is 0. The molecule has 3 fully saturated rings. The molecule has 0 bridgehead atoms. The number of fused-ring (bicyclic) bond motifs is 1. The molecule has 1 aliphatic carbocycles. The highest BCUT2D eigenvalue weighted by molar-refractivity contribution is 5.76. The van der Waals surface area contributed by atoms with Gasteiger partial charge in [0.1, 0.15) is 0 Å². The zero-order valence-corrected chi connectivity index (χ0v) is 18.3. The standard InChI is InChI=1S/C25H36N4O/c30-25-24(28-16-8-9-17-28)26-22-12-6-7-13-23(22)29(25)21-14-18-27(19-15-21)20-10-4-2-1-3-5-11-20/h6-7,12-13,20-21H,1-5,8-11,14-19H2. The number of rotatable bonds is 3. The molecule has 0 spiro atoms. The van der Waals surface area contributed by atoms with Crippen LogP contribution in [0.4, 0.5) is 5.82 Å². The van der Waals surface area contributed by atoms with Gasteiger partial charge in [-0.1, -0.05) is 44.2 Å². The fourth-order valence-corrected chi connectivity index (χ4v) is 5.95. The largest absolute Gasteiger partial charge is 0.352 e. The van der Waals surface area contributed by atoms with Crippen LogP contribution >= 0.6 is 0 Å². The van der Waals surface area contributed by atoms with E-state index in [1.165, 1.54) is 44.9 Å². The molecule has 0 atom stereocenters. The zero-order chi connectivity index (χ0) is 20.3. The monoisotopic (exact) mass is 408 g/mol. The van der Waals surface area contributed by atoms with E-state index in [1.807, 2.05) is 12.1 Å². The molecule has 5 heteroatoms. The molecule has 0 amide bonds. The van der Waals surface area contributed by atoms with Gasteiger partial charge in [0.05, 0.1) is 11.0 Å². The number of hydrogen-bond donors (Lipinski definition) is 0. The van der Waals surface area contributed by atoms with E-state index in [4.69, 9.17) is 4.98 Å². The Labute approximate surface area is 180 Å². The van der Waals surface area contributed by atoms with Crippen LogP contribution in [-0.4, -0.2) is 46.7 Å². The second kappa shape index (κ2) is 9.09. The molecule has 5 rings (SSSR count). The van der Waals surface area contributed by atoms with Crippen LogP contribution in [0.1, 0.15) is 76.7 Å². The summed E-state index contributed by atoms with van der Waals surface area (Å²) in [5, 5.41) is 0. The lowest BCUT2D eigenvalue weighted by atomic mass is 9.93. The van der Waals surface area contributed by atoms with Crippen LogP contribution in [0, 0.1) is 0 Å². The molecular weight excluding hydrogens is 372 g/mol. The molecule has 2 aromatic rings. The SMILES string of the molecule is O=c1c(N2CCCC2)nc2ccccc2n1C1CCN(C2CCCCCCC2)CC1. The Kier molecular flexibility index (Phi) is 6.07. The molecular formula is C25H36N4O. The van der Waals surface area contributed by atoms with Gasteiger partial charge in [-0.15, -0.1) is 0 Å². The van der Waals surface area contributed by atoms with Crippen LogP contribution in [0.2, 0.25) is 0 Å². The summed E-state index contributed by atoms with van der Waals surface area (Å²) in [6.45, 7) is 4.16. The number of anilines is 1. The molecule has 5 nitrogen and oxygen atoms in total. The van der Waals surface area contributed by atoms with Gasteiger partial charge in [-0.05, 0) is 50.7 Å². The molecule has 3 heterocycles. The van der Waals surface area contributed by atoms with Crippen molar-refractivity contribution in [3.8, 4) is 0 Å². The van der Waals surface area contributed by atoms with Crippen LogP contribution in [0.3, 0.4) is 0 Å². The topological polar surface area (TPSA) is 41.4 Å². The van der Waals surface area contributed by atoms with Crippen LogP contribution < -0.4 is 10.5 Å². The smallest absolute Gasteiger partial charge is 0.294 e. The first-order valence-electron chi connectivity index (χ1n) is 12.3. The number of nitrogens with zero attached hydrogens (tertiary/aromatic N) is 4. The third kappa shape index (κ3) is 4.01. The molecule has 2 saturated heterocycles. The van der Waals surface area contributed by atoms with Gasteiger partial charge in [-0.3, -0.25) is 4.79 Å². The van der Waals surface area contributed by atoms with Crippen LogP contribution in [0.25, 0.3) is 11.0 Å². The normalized spacial score (nSPS) is 23.0. The summed E-state index contributed by atoms with van der Waals surface area (Å²) < 4.78 is 2.10. The third-order valence-corrected chi connectivity index (χ3v) is 7.64. The van der Waals surface area contributed by atoms with Crippen LogP contribution in [-0.2, 0) is 0 Å². The van der Waals surface area contributed by atoms with Gasteiger partial charge >= 0.3 is 0 Å². The van der Waals surface area contributed by atoms with E-state index in [2.05, 4.69) is 26.5 Å². The van der Waals surface area contributed by atoms with Gasteiger partial charge < -0.3 is 14.4 Å². The molecule has 0 N–H and O–H groups in total. The number of para-hydroxylation sites is 2. The average molecular weight is 409 g/mol. The summed E-state index contributed by atoms with van der Waals surface area (Å²) in [7, 11) is 0. The second-order valence-electron chi connectivity index (χ2n) is 9.56. The average Bonchev–Trinajstić information content (AvgIpc) is 3.28. The number of hydrogen-bond acceptors (Lipinski definition) is 4. The molecule has 162 valence electrons. The van der Waals surface area contributed by atoms with E-state index in [-0.39, 0.29) is 11.6 Å². The molecule has 3 aliphatic rings. The molecule has 1 saturated carbocycles. The van der Waals surface area contributed by atoms with Crippen molar-refractivity contribution in [2.75, 3.05) is 31.1 Å². The number of piperidine rings is 1. The summed E-state index contributed by atoms with van der Waals surface area (Å²) in [5.41, 5.74) is 2.09. The summed E-state index contributed by atoms with van der Waals surface area (Å²) in [5.74, 6) is 0.675. The maximum absolute atomic E-state index is 13.6. The highest BCUT2D eigenvalue weighted by atomic mass is 16.1. The number of aromatic nitrogens is 2. The zero-order valence-electron chi connectivity index (χ0n) is 18.3. The highest BCUT2D eigenvalue weighted by Gasteiger charge is 2.29. The predicted molar refractivity (Wildman–Crippen MR) is 123 cm³/mol. The van der Waals surface area contributed by atoms with Crippen molar-refractivity contribution in [1.82, 2.24) is 14.5 Å². The van der Waals surface area contributed by atoms with Crippen molar-refractivity contribution in [2.24, 2.45) is 0 Å². The van der Waals surface area contributed by atoms with Crippen molar-refractivity contribution >= 4 is 16.9 Å². The fourth-order valence-electron chi connectivity index (χ4n) is 5.95. The minimum absolute atomic E-state index is 0.125. The van der Waals surface area contributed by atoms with Gasteiger partial charge in [0.25, 0.3) is 5.56 Å². The maximum atomic E-state index is 13.6. The summed E-state index contributed by atoms with van der Waals surface area (Å²) in [4.78, 5) is 23.3. The van der Waals surface area contributed by atoms with E-state index in [9.17, 15) is 4.79 Å². The highest BCUT2D eigenvalue weighted by Crippen LogP contribution is 2.30. The van der Waals surface area contributed by atoms with Crippen molar-refractivity contribution in [3.05, 3.63) is 34.6 Å². The Morgan fingerprint density at radius 2 is 1.40 bits per heavy atom. The molecule has 0 radical (unpaired) electrons. The van der Waals surface area contributed by atoms with Crippen molar-refractivity contribution < 1.29 is 0 Å². The molecule has 1 aromatic carbocycles. The predicted octanol–water partition coefficient (Wildman–Crippen LogP) is 4.75. The lowest BCUT2D eigenvalue weighted by Crippen LogP contribution is -2.44. The fraction of sp³-hybridized carbons (Fsp3) is 0.680. The van der Waals surface area contributed by atoms with Crippen LogP contribution in [0.5, 0.6) is 0 Å². The lowest BCUT2D eigenvalue weighted by Gasteiger charge is -2.39. The van der Waals surface area contributed by atoms with E-state index >= 15 is 0 Å². The van der Waals surface area contributed by atoms with E-state index in [0.29, 0.717) is 5.82 Å². The van der Waals surface area contributed by atoms with Gasteiger partial charge in [0, 0.05) is 38.3 Å². The third-order valence-electron chi connectivity index (χ3n) is 7.64. The molecule has 0 unspecified atom stereocenters. The second-order valence-corrected chi connectivity index (χ2v) is 9.56. The summed E-state index contributed by atoms with van der Waals surface area (Å²) in [6, 6.07) is 9.27. The van der Waals surface area contributed by atoms with Gasteiger partial charge in [0.2, 0.25) is 0 Å². The quantitative estimate of drug-likeness (QED) is 0.735. The van der Waals surface area contributed by atoms with Gasteiger partial charge in [0.15, 0.2) is 5.82 Å².